The number of hydrogen-bond acceptors (Lipinski definition) is 1. The van der Waals surface area contributed by atoms with Gasteiger partial charge < -0.3 is 10.6 Å². The highest BCUT2D eigenvalue weighted by molar-refractivity contribution is 6.30. The van der Waals surface area contributed by atoms with E-state index < -0.39 is 0 Å². The van der Waals surface area contributed by atoms with Crippen LogP contribution in [0, 0.1) is 5.92 Å². The van der Waals surface area contributed by atoms with E-state index in [1.54, 1.807) is 0 Å². The van der Waals surface area contributed by atoms with Gasteiger partial charge in [-0.25, -0.2) is 4.79 Å². The normalized spacial score (nSPS) is 10.4. The molecule has 2 amide bonds. The maximum absolute atomic E-state index is 11.4. The summed E-state index contributed by atoms with van der Waals surface area (Å²) in [6, 6.07) is 7.30. The summed E-state index contributed by atoms with van der Waals surface area (Å²) >= 11 is 5.77. The molecule has 0 aliphatic rings. The van der Waals surface area contributed by atoms with Gasteiger partial charge in [-0.3, -0.25) is 0 Å². The van der Waals surface area contributed by atoms with Crippen molar-refractivity contribution in [1.82, 2.24) is 10.6 Å². The molecule has 0 aliphatic heterocycles. The summed E-state index contributed by atoms with van der Waals surface area (Å²) < 4.78 is 0. The van der Waals surface area contributed by atoms with Crippen LogP contribution in [0.25, 0.3) is 0 Å². The number of hydrogen-bond donors (Lipinski definition) is 2. The van der Waals surface area contributed by atoms with Crippen molar-refractivity contribution in [3.05, 3.63) is 34.9 Å². The third-order valence-electron chi connectivity index (χ3n) is 2.37. The molecule has 0 unspecified atom stereocenters. The Hall–Kier alpha value is -1.22. The number of halogens is 1. The zero-order valence-electron chi connectivity index (χ0n) is 10.3. The standard InChI is InChI=1S/C13H19ClN2O/c1-10(2)7-8-15-13(17)16-9-11-3-5-12(14)6-4-11/h3-6,10H,7-9H2,1-2H3,(H2,15,16,17). The van der Waals surface area contributed by atoms with Gasteiger partial charge in [0.15, 0.2) is 0 Å². The summed E-state index contributed by atoms with van der Waals surface area (Å²) in [5.74, 6) is 0.603. The van der Waals surface area contributed by atoms with Gasteiger partial charge in [-0.15, -0.1) is 0 Å². The van der Waals surface area contributed by atoms with Crippen LogP contribution >= 0.6 is 11.6 Å². The average Bonchev–Trinajstić information content (AvgIpc) is 2.28. The minimum absolute atomic E-state index is 0.124. The predicted octanol–water partition coefficient (Wildman–Crippen LogP) is 3.19. The molecule has 0 radical (unpaired) electrons. The Morgan fingerprint density at radius 3 is 2.47 bits per heavy atom. The highest BCUT2D eigenvalue weighted by Gasteiger charge is 2.00. The van der Waals surface area contributed by atoms with Gasteiger partial charge in [-0.1, -0.05) is 37.6 Å². The fourth-order valence-electron chi connectivity index (χ4n) is 1.32. The maximum Gasteiger partial charge on any atom is 0.315 e. The minimum atomic E-state index is -0.124. The number of nitrogens with one attached hydrogen (secondary N) is 2. The topological polar surface area (TPSA) is 41.1 Å². The Morgan fingerprint density at radius 2 is 1.88 bits per heavy atom. The molecule has 0 saturated carbocycles. The second-order valence-electron chi connectivity index (χ2n) is 4.42. The van der Waals surface area contributed by atoms with Gasteiger partial charge in [-0.2, -0.15) is 0 Å². The van der Waals surface area contributed by atoms with Crippen molar-refractivity contribution in [3.63, 3.8) is 0 Å². The van der Waals surface area contributed by atoms with E-state index in [-0.39, 0.29) is 6.03 Å². The fourth-order valence-corrected chi connectivity index (χ4v) is 1.45. The first-order valence-electron chi connectivity index (χ1n) is 5.84. The molecule has 0 fully saturated rings. The third-order valence-corrected chi connectivity index (χ3v) is 2.63. The van der Waals surface area contributed by atoms with E-state index in [1.807, 2.05) is 24.3 Å². The van der Waals surface area contributed by atoms with Gasteiger partial charge >= 0.3 is 6.03 Å². The summed E-state index contributed by atoms with van der Waals surface area (Å²) in [6.45, 7) is 5.50. The Morgan fingerprint density at radius 1 is 1.24 bits per heavy atom. The van der Waals surface area contributed by atoms with Crippen molar-refractivity contribution in [3.8, 4) is 0 Å². The van der Waals surface area contributed by atoms with Crippen LogP contribution in [0.4, 0.5) is 4.79 Å². The van der Waals surface area contributed by atoms with Gasteiger partial charge in [0.05, 0.1) is 0 Å². The van der Waals surface area contributed by atoms with E-state index in [1.165, 1.54) is 0 Å². The molecule has 94 valence electrons. The summed E-state index contributed by atoms with van der Waals surface area (Å²) in [5, 5.41) is 6.32. The van der Waals surface area contributed by atoms with Crippen LogP contribution in [0.1, 0.15) is 25.8 Å². The van der Waals surface area contributed by atoms with Crippen molar-refractivity contribution >= 4 is 17.6 Å². The van der Waals surface area contributed by atoms with E-state index in [4.69, 9.17) is 11.6 Å². The van der Waals surface area contributed by atoms with Crippen molar-refractivity contribution in [2.45, 2.75) is 26.8 Å². The molecular formula is C13H19ClN2O. The summed E-state index contributed by atoms with van der Waals surface area (Å²) in [6.07, 6.45) is 0.994. The third kappa shape index (κ3) is 6.17. The number of carbonyl (C=O) groups excluding carboxylic acids is 1. The minimum Gasteiger partial charge on any atom is -0.338 e. The Labute approximate surface area is 108 Å². The maximum atomic E-state index is 11.4. The van der Waals surface area contributed by atoms with Gasteiger partial charge in [0.1, 0.15) is 0 Å². The molecule has 17 heavy (non-hydrogen) atoms. The van der Waals surface area contributed by atoms with Crippen LogP contribution in [0.3, 0.4) is 0 Å². The Bertz CT molecular complexity index is 349. The van der Waals surface area contributed by atoms with Crippen molar-refractivity contribution < 1.29 is 4.79 Å². The van der Waals surface area contributed by atoms with Gasteiger partial charge in [0, 0.05) is 18.1 Å². The quantitative estimate of drug-likeness (QED) is 0.833. The molecule has 0 bridgehead atoms. The first kappa shape index (κ1) is 13.8. The lowest BCUT2D eigenvalue weighted by Crippen LogP contribution is -2.35. The van der Waals surface area contributed by atoms with Crippen molar-refractivity contribution in [1.29, 1.82) is 0 Å². The van der Waals surface area contributed by atoms with Gasteiger partial charge in [-0.05, 0) is 30.0 Å². The zero-order valence-corrected chi connectivity index (χ0v) is 11.1. The average molecular weight is 255 g/mol. The number of carbonyl (C=O) groups is 1. The number of amides is 2. The van der Waals surface area contributed by atoms with Crippen molar-refractivity contribution in [2.75, 3.05) is 6.54 Å². The molecular weight excluding hydrogens is 236 g/mol. The second-order valence-corrected chi connectivity index (χ2v) is 4.85. The van der Waals surface area contributed by atoms with Crippen molar-refractivity contribution in [2.24, 2.45) is 5.92 Å². The van der Waals surface area contributed by atoms with E-state index in [0.717, 1.165) is 12.0 Å². The number of urea groups is 1. The predicted molar refractivity (Wildman–Crippen MR) is 71.1 cm³/mol. The molecule has 0 saturated heterocycles. The van der Waals surface area contributed by atoms with Crippen LogP contribution < -0.4 is 10.6 Å². The number of rotatable bonds is 5. The molecule has 3 nitrogen and oxygen atoms in total. The molecule has 2 N–H and O–H groups in total. The lowest BCUT2D eigenvalue weighted by atomic mass is 10.1. The molecule has 0 aliphatic carbocycles. The highest BCUT2D eigenvalue weighted by atomic mass is 35.5. The largest absolute Gasteiger partial charge is 0.338 e. The molecule has 0 atom stereocenters. The lowest BCUT2D eigenvalue weighted by Gasteiger charge is -2.09. The van der Waals surface area contributed by atoms with E-state index >= 15 is 0 Å². The monoisotopic (exact) mass is 254 g/mol. The first-order chi connectivity index (χ1) is 8.08. The molecule has 1 aromatic rings. The molecule has 0 spiro atoms. The smallest absolute Gasteiger partial charge is 0.315 e. The van der Waals surface area contributed by atoms with Crippen LogP contribution in [0.5, 0.6) is 0 Å². The number of benzene rings is 1. The van der Waals surface area contributed by atoms with Gasteiger partial charge in [0.25, 0.3) is 0 Å². The molecule has 0 heterocycles. The summed E-state index contributed by atoms with van der Waals surface area (Å²) in [4.78, 5) is 11.4. The fraction of sp³-hybridized carbons (Fsp3) is 0.462. The van der Waals surface area contributed by atoms with Crippen LogP contribution in [-0.2, 0) is 6.54 Å². The molecule has 4 heteroatoms. The molecule has 1 aromatic carbocycles. The van der Waals surface area contributed by atoms with Gasteiger partial charge in [0.2, 0.25) is 0 Å². The lowest BCUT2D eigenvalue weighted by molar-refractivity contribution is 0.240. The van der Waals surface area contributed by atoms with Crippen LogP contribution in [-0.4, -0.2) is 12.6 Å². The van der Waals surface area contributed by atoms with E-state index in [9.17, 15) is 4.79 Å². The molecule has 0 aromatic heterocycles. The van der Waals surface area contributed by atoms with Crippen LogP contribution in [0.2, 0.25) is 5.02 Å². The Balaban J connectivity index is 2.21. The Kier molecular flexibility index (Phi) is 5.84. The SMILES string of the molecule is CC(C)CCNC(=O)NCc1ccc(Cl)cc1. The van der Waals surface area contributed by atoms with E-state index in [2.05, 4.69) is 24.5 Å². The van der Waals surface area contributed by atoms with E-state index in [0.29, 0.717) is 24.0 Å². The first-order valence-corrected chi connectivity index (χ1v) is 6.22. The summed E-state index contributed by atoms with van der Waals surface area (Å²) in [5.41, 5.74) is 1.04. The van der Waals surface area contributed by atoms with Crippen LogP contribution in [0.15, 0.2) is 24.3 Å². The zero-order chi connectivity index (χ0) is 12.7. The molecule has 1 rings (SSSR count). The highest BCUT2D eigenvalue weighted by Crippen LogP contribution is 2.08. The summed E-state index contributed by atoms with van der Waals surface area (Å²) in [7, 11) is 0. The second kappa shape index (κ2) is 7.17.